The first kappa shape index (κ1) is 24.0. The van der Waals surface area contributed by atoms with Crippen LogP contribution in [0, 0.1) is 0 Å². The Morgan fingerprint density at radius 3 is 2.57 bits per heavy atom. The number of alkyl halides is 3. The molecule has 1 fully saturated rings. The molecule has 4 rings (SSSR count). The van der Waals surface area contributed by atoms with Gasteiger partial charge in [-0.05, 0) is 19.1 Å². The first-order valence-corrected chi connectivity index (χ1v) is 10.6. The molecule has 3 heterocycles. The van der Waals surface area contributed by atoms with Gasteiger partial charge in [-0.1, -0.05) is 18.2 Å². The highest BCUT2D eigenvalue weighted by Gasteiger charge is 2.42. The van der Waals surface area contributed by atoms with Crippen LogP contribution >= 0.6 is 0 Å². The van der Waals surface area contributed by atoms with Crippen LogP contribution in [0.4, 0.5) is 23.7 Å². The van der Waals surface area contributed by atoms with Crippen molar-refractivity contribution in [2.45, 2.75) is 25.6 Å². The highest BCUT2D eigenvalue weighted by atomic mass is 19.4. The summed E-state index contributed by atoms with van der Waals surface area (Å²) in [6, 6.07) is 7.90. The molecule has 2 amide bonds. The molecule has 1 N–H and O–H groups in total. The number of hydrogen-bond acceptors (Lipinski definition) is 8. The van der Waals surface area contributed by atoms with E-state index in [0.29, 0.717) is 19.5 Å². The van der Waals surface area contributed by atoms with Gasteiger partial charge in [0.05, 0.1) is 31.2 Å². The second kappa shape index (κ2) is 9.99. The van der Waals surface area contributed by atoms with E-state index < -0.39 is 29.6 Å². The maximum Gasteiger partial charge on any atom is 0.452 e. The van der Waals surface area contributed by atoms with Crippen LogP contribution < -0.4 is 10.1 Å². The Balaban J connectivity index is 1.42. The van der Waals surface area contributed by atoms with Crippen LogP contribution in [0.1, 0.15) is 29.6 Å². The number of likely N-dealkylation sites (tertiary alicyclic amines) is 1. The number of rotatable bonds is 6. The van der Waals surface area contributed by atoms with Gasteiger partial charge in [0, 0.05) is 18.5 Å². The summed E-state index contributed by atoms with van der Waals surface area (Å²) in [6.07, 6.45) is -2.79. The van der Waals surface area contributed by atoms with Crippen LogP contribution in [0.15, 0.2) is 47.1 Å². The van der Waals surface area contributed by atoms with Gasteiger partial charge in [0.1, 0.15) is 6.10 Å². The van der Waals surface area contributed by atoms with Crippen molar-refractivity contribution >= 4 is 17.7 Å². The van der Waals surface area contributed by atoms with Crippen LogP contribution in [0.3, 0.4) is 0 Å². The Morgan fingerprint density at radius 2 is 1.91 bits per heavy atom. The van der Waals surface area contributed by atoms with Crippen LogP contribution in [0.5, 0.6) is 6.01 Å². The van der Waals surface area contributed by atoms with Gasteiger partial charge in [-0.2, -0.15) is 13.2 Å². The molecule has 10 nitrogen and oxygen atoms in total. The monoisotopic (exact) mass is 491 g/mol. The van der Waals surface area contributed by atoms with Crippen molar-refractivity contribution in [1.29, 1.82) is 0 Å². The Hall–Kier alpha value is -4.16. The molecule has 0 radical (unpaired) electrons. The summed E-state index contributed by atoms with van der Waals surface area (Å²) in [5, 5.41) is 2.28. The standard InChI is InChI=1S/C22H20F3N5O5/c1-2-33-21(32)30-9-8-15(12-30)34-20-26-10-14(11-27-20)28-18(31)16-17(22(23,24)25)35-19(29-16)13-6-4-3-5-7-13/h3-7,10-11,15H,2,8-9,12H2,1H3,(H,28,31)/t15-/m1/s1. The van der Waals surface area contributed by atoms with Gasteiger partial charge in [0.25, 0.3) is 5.91 Å². The zero-order chi connectivity index (χ0) is 25.0. The predicted octanol–water partition coefficient (Wildman–Crippen LogP) is 4.01. The van der Waals surface area contributed by atoms with E-state index in [4.69, 9.17) is 13.9 Å². The van der Waals surface area contributed by atoms with Crippen molar-refractivity contribution in [3.8, 4) is 17.5 Å². The van der Waals surface area contributed by atoms with E-state index in [-0.39, 0.29) is 35.9 Å². The molecule has 0 aliphatic carbocycles. The van der Waals surface area contributed by atoms with Gasteiger partial charge in [0.2, 0.25) is 11.7 Å². The number of aromatic nitrogens is 3. The quantitative estimate of drug-likeness (QED) is 0.549. The third kappa shape index (κ3) is 5.67. The first-order chi connectivity index (χ1) is 16.7. The van der Waals surface area contributed by atoms with E-state index in [2.05, 4.69) is 20.3 Å². The molecular weight excluding hydrogens is 471 g/mol. The number of nitrogens with one attached hydrogen (secondary N) is 1. The highest BCUT2D eigenvalue weighted by molar-refractivity contribution is 6.03. The van der Waals surface area contributed by atoms with Gasteiger partial charge in [-0.25, -0.2) is 19.7 Å². The van der Waals surface area contributed by atoms with Crippen molar-refractivity contribution in [1.82, 2.24) is 19.9 Å². The molecule has 35 heavy (non-hydrogen) atoms. The van der Waals surface area contributed by atoms with E-state index >= 15 is 0 Å². The maximum absolute atomic E-state index is 13.5. The summed E-state index contributed by atoms with van der Waals surface area (Å²) in [5.74, 6) is -2.99. The van der Waals surface area contributed by atoms with E-state index in [0.717, 1.165) is 0 Å². The molecule has 1 saturated heterocycles. The Morgan fingerprint density at radius 1 is 1.20 bits per heavy atom. The van der Waals surface area contributed by atoms with Crippen molar-refractivity contribution in [2.24, 2.45) is 0 Å². The SMILES string of the molecule is CCOC(=O)N1CC[C@@H](Oc2ncc(NC(=O)c3nc(-c4ccccc4)oc3C(F)(F)F)cn2)C1. The molecule has 2 aromatic heterocycles. The van der Waals surface area contributed by atoms with Crippen molar-refractivity contribution in [2.75, 3.05) is 25.0 Å². The number of carbonyl (C=O) groups is 2. The number of benzene rings is 1. The molecule has 3 aromatic rings. The molecule has 0 bridgehead atoms. The predicted molar refractivity (Wildman–Crippen MR) is 115 cm³/mol. The smallest absolute Gasteiger partial charge is 0.452 e. The number of hydrogen-bond donors (Lipinski definition) is 1. The zero-order valence-corrected chi connectivity index (χ0v) is 18.4. The Kier molecular flexibility index (Phi) is 6.85. The maximum atomic E-state index is 13.5. The molecule has 0 unspecified atom stereocenters. The van der Waals surface area contributed by atoms with Crippen LogP contribution in [-0.2, 0) is 10.9 Å². The second-order valence-electron chi connectivity index (χ2n) is 7.44. The second-order valence-corrected chi connectivity index (χ2v) is 7.44. The molecule has 0 saturated carbocycles. The number of nitrogens with zero attached hydrogens (tertiary/aromatic N) is 4. The molecular formula is C22H20F3N5O5. The van der Waals surface area contributed by atoms with Gasteiger partial charge in [-0.15, -0.1) is 0 Å². The lowest BCUT2D eigenvalue weighted by Crippen LogP contribution is -2.31. The van der Waals surface area contributed by atoms with Gasteiger partial charge in [0.15, 0.2) is 5.69 Å². The van der Waals surface area contributed by atoms with Crippen molar-refractivity contribution in [3.63, 3.8) is 0 Å². The minimum atomic E-state index is -4.93. The fourth-order valence-corrected chi connectivity index (χ4v) is 3.36. The molecule has 1 atom stereocenters. The summed E-state index contributed by atoms with van der Waals surface area (Å²) < 4.78 is 55.8. The fraction of sp³-hybridized carbons (Fsp3) is 0.318. The average molecular weight is 491 g/mol. The molecule has 0 spiro atoms. The summed E-state index contributed by atoms with van der Waals surface area (Å²) >= 11 is 0. The van der Waals surface area contributed by atoms with E-state index in [9.17, 15) is 22.8 Å². The van der Waals surface area contributed by atoms with Crippen LogP contribution in [-0.4, -0.2) is 57.7 Å². The molecule has 1 aliphatic heterocycles. The summed E-state index contributed by atoms with van der Waals surface area (Å²) in [6.45, 7) is 2.74. The minimum Gasteiger partial charge on any atom is -0.458 e. The third-order valence-electron chi connectivity index (χ3n) is 4.95. The molecule has 1 aromatic carbocycles. The number of halogens is 3. The summed E-state index contributed by atoms with van der Waals surface area (Å²) in [4.78, 5) is 37.5. The summed E-state index contributed by atoms with van der Waals surface area (Å²) in [7, 11) is 0. The zero-order valence-electron chi connectivity index (χ0n) is 18.4. The number of carbonyl (C=O) groups excluding carboxylic acids is 2. The lowest BCUT2D eigenvalue weighted by atomic mass is 10.2. The number of ether oxygens (including phenoxy) is 2. The third-order valence-corrected chi connectivity index (χ3v) is 4.95. The van der Waals surface area contributed by atoms with Gasteiger partial charge < -0.3 is 24.1 Å². The topological polar surface area (TPSA) is 120 Å². The van der Waals surface area contributed by atoms with E-state index in [1.54, 1.807) is 25.1 Å². The van der Waals surface area contributed by atoms with Crippen LogP contribution in [0.2, 0.25) is 0 Å². The van der Waals surface area contributed by atoms with Crippen molar-refractivity contribution < 1.29 is 36.7 Å². The van der Waals surface area contributed by atoms with E-state index in [1.807, 2.05) is 0 Å². The summed E-state index contributed by atoms with van der Waals surface area (Å²) in [5.41, 5.74) is -0.601. The largest absolute Gasteiger partial charge is 0.458 e. The molecule has 13 heteroatoms. The average Bonchev–Trinajstić information content (AvgIpc) is 3.49. The molecule has 184 valence electrons. The normalized spacial score (nSPS) is 15.7. The number of amides is 2. The van der Waals surface area contributed by atoms with Crippen LogP contribution in [0.25, 0.3) is 11.5 Å². The highest BCUT2D eigenvalue weighted by Crippen LogP contribution is 2.35. The van der Waals surface area contributed by atoms with Gasteiger partial charge in [-0.3, -0.25) is 4.79 Å². The fourth-order valence-electron chi connectivity index (χ4n) is 3.36. The lowest BCUT2D eigenvalue weighted by Gasteiger charge is -2.15. The van der Waals surface area contributed by atoms with Crippen molar-refractivity contribution in [3.05, 3.63) is 54.2 Å². The Labute approximate surface area is 197 Å². The van der Waals surface area contributed by atoms with Gasteiger partial charge >= 0.3 is 18.3 Å². The Bertz CT molecular complexity index is 1180. The van der Waals surface area contributed by atoms with E-state index in [1.165, 1.54) is 29.4 Å². The first-order valence-electron chi connectivity index (χ1n) is 10.6. The number of oxazole rings is 1. The molecule has 1 aliphatic rings. The number of anilines is 1. The minimum absolute atomic E-state index is 0.0116. The lowest BCUT2D eigenvalue weighted by molar-refractivity contribution is -0.153.